The van der Waals surface area contributed by atoms with Crippen LogP contribution in [0.4, 0.5) is 4.79 Å². The Kier molecular flexibility index (Phi) is 6.86. The van der Waals surface area contributed by atoms with Crippen molar-refractivity contribution in [2.45, 2.75) is 71.4 Å². The third-order valence-electron chi connectivity index (χ3n) is 3.84. The van der Waals surface area contributed by atoms with Crippen LogP contribution in [0.25, 0.3) is 0 Å². The van der Waals surface area contributed by atoms with Gasteiger partial charge in [0, 0.05) is 13.1 Å². The van der Waals surface area contributed by atoms with Gasteiger partial charge in [0.1, 0.15) is 5.60 Å². The van der Waals surface area contributed by atoms with Crippen LogP contribution >= 0.6 is 0 Å². The molecular formula is C17H32N2O4. The molecule has 0 atom stereocenters. The largest absolute Gasteiger partial charge is 0.481 e. The van der Waals surface area contributed by atoms with E-state index in [1.54, 1.807) is 4.90 Å². The van der Waals surface area contributed by atoms with E-state index in [1.807, 2.05) is 20.8 Å². The second-order valence-electron chi connectivity index (χ2n) is 8.00. The monoisotopic (exact) mass is 328 g/mol. The molecule has 1 rings (SSSR count). The number of nitrogens with one attached hydrogen (secondary N) is 1. The molecule has 0 saturated carbocycles. The second-order valence-corrected chi connectivity index (χ2v) is 8.00. The predicted octanol–water partition coefficient (Wildman–Crippen LogP) is 2.87. The zero-order chi connectivity index (χ0) is 17.7. The van der Waals surface area contributed by atoms with Crippen LogP contribution in [0.3, 0.4) is 0 Å². The van der Waals surface area contributed by atoms with Crippen LogP contribution in [0, 0.1) is 5.92 Å². The summed E-state index contributed by atoms with van der Waals surface area (Å²) >= 11 is 0. The number of amides is 1. The highest BCUT2D eigenvalue weighted by Crippen LogP contribution is 2.27. The van der Waals surface area contributed by atoms with Crippen LogP contribution < -0.4 is 5.32 Å². The number of aliphatic carboxylic acids is 1. The van der Waals surface area contributed by atoms with Gasteiger partial charge in [-0.2, -0.15) is 0 Å². The van der Waals surface area contributed by atoms with Gasteiger partial charge in [0.05, 0.1) is 12.0 Å². The van der Waals surface area contributed by atoms with Gasteiger partial charge in [-0.1, -0.05) is 26.7 Å². The van der Waals surface area contributed by atoms with Crippen molar-refractivity contribution < 1.29 is 19.4 Å². The molecule has 1 amide bonds. The topological polar surface area (TPSA) is 78.9 Å². The molecule has 0 aromatic rings. The number of hydrogen-bond donors (Lipinski definition) is 2. The molecule has 0 spiro atoms. The van der Waals surface area contributed by atoms with E-state index in [4.69, 9.17) is 9.84 Å². The molecule has 23 heavy (non-hydrogen) atoms. The fourth-order valence-electron chi connectivity index (χ4n) is 2.75. The molecule has 6 heteroatoms. The Morgan fingerprint density at radius 3 is 2.35 bits per heavy atom. The number of unbranched alkanes of at least 4 members (excludes halogenated alkanes) is 1. The minimum atomic E-state index is -0.844. The maximum Gasteiger partial charge on any atom is 0.410 e. The molecule has 0 bridgehead atoms. The second kappa shape index (κ2) is 7.99. The van der Waals surface area contributed by atoms with E-state index in [1.165, 1.54) is 6.42 Å². The molecule has 1 aliphatic rings. The standard InChI is InChI=1S/C17H32N2O4/c1-13(2)8-6-7-9-18-17(10-14(20)21)11-19(12-17)15(22)23-16(3,4)5/h13,18H,6-12H2,1-5H3,(H,20,21). The van der Waals surface area contributed by atoms with E-state index in [9.17, 15) is 9.59 Å². The molecule has 0 aromatic heterocycles. The van der Waals surface area contributed by atoms with Gasteiger partial charge in [-0.05, 0) is 39.7 Å². The van der Waals surface area contributed by atoms with Crippen molar-refractivity contribution in [2.75, 3.05) is 19.6 Å². The van der Waals surface area contributed by atoms with Crippen LogP contribution in [0.15, 0.2) is 0 Å². The van der Waals surface area contributed by atoms with Gasteiger partial charge < -0.3 is 20.1 Å². The first-order chi connectivity index (χ1) is 10.5. The molecule has 1 aliphatic heterocycles. The zero-order valence-electron chi connectivity index (χ0n) is 15.1. The number of likely N-dealkylation sites (tertiary alicyclic amines) is 1. The molecule has 1 saturated heterocycles. The van der Waals surface area contributed by atoms with Gasteiger partial charge in [-0.25, -0.2) is 4.79 Å². The molecule has 2 N–H and O–H groups in total. The lowest BCUT2D eigenvalue weighted by Gasteiger charge is -2.49. The highest BCUT2D eigenvalue weighted by Gasteiger charge is 2.47. The van der Waals surface area contributed by atoms with Gasteiger partial charge in [0.25, 0.3) is 0 Å². The summed E-state index contributed by atoms with van der Waals surface area (Å²) in [7, 11) is 0. The molecule has 1 fully saturated rings. The summed E-state index contributed by atoms with van der Waals surface area (Å²) in [6.45, 7) is 11.4. The lowest BCUT2D eigenvalue weighted by atomic mass is 9.86. The normalized spacial score (nSPS) is 17.0. The first-order valence-electron chi connectivity index (χ1n) is 8.48. The van der Waals surface area contributed by atoms with Gasteiger partial charge >= 0.3 is 12.1 Å². The molecular weight excluding hydrogens is 296 g/mol. The van der Waals surface area contributed by atoms with E-state index in [0.29, 0.717) is 19.0 Å². The maximum atomic E-state index is 12.0. The van der Waals surface area contributed by atoms with Crippen molar-refractivity contribution >= 4 is 12.1 Å². The SMILES string of the molecule is CC(C)CCCCNC1(CC(=O)O)CN(C(=O)OC(C)(C)C)C1. The number of rotatable bonds is 8. The molecule has 0 radical (unpaired) electrons. The van der Waals surface area contributed by atoms with Crippen molar-refractivity contribution in [1.82, 2.24) is 10.2 Å². The number of carboxylic acids is 1. The number of carbonyl (C=O) groups excluding carboxylic acids is 1. The predicted molar refractivity (Wildman–Crippen MR) is 89.5 cm³/mol. The number of carboxylic acid groups (broad SMARTS) is 1. The summed E-state index contributed by atoms with van der Waals surface area (Å²) in [6.07, 6.45) is 2.98. The number of ether oxygens (including phenoxy) is 1. The average molecular weight is 328 g/mol. The summed E-state index contributed by atoms with van der Waals surface area (Å²) in [4.78, 5) is 24.7. The average Bonchev–Trinajstić information content (AvgIpc) is 2.30. The lowest BCUT2D eigenvalue weighted by molar-refractivity contribution is -0.141. The van der Waals surface area contributed by atoms with Gasteiger partial charge in [-0.3, -0.25) is 4.79 Å². The smallest absolute Gasteiger partial charge is 0.410 e. The van der Waals surface area contributed by atoms with E-state index >= 15 is 0 Å². The quantitative estimate of drug-likeness (QED) is 0.670. The molecule has 6 nitrogen and oxygen atoms in total. The van der Waals surface area contributed by atoms with E-state index in [0.717, 1.165) is 19.4 Å². The fourth-order valence-corrected chi connectivity index (χ4v) is 2.75. The Balaban J connectivity index is 2.43. The van der Waals surface area contributed by atoms with E-state index < -0.39 is 17.1 Å². The highest BCUT2D eigenvalue weighted by molar-refractivity contribution is 5.73. The molecule has 1 heterocycles. The minimum absolute atomic E-state index is 0.0243. The van der Waals surface area contributed by atoms with Gasteiger partial charge in [-0.15, -0.1) is 0 Å². The summed E-state index contributed by atoms with van der Waals surface area (Å²) in [6, 6.07) is 0. The lowest BCUT2D eigenvalue weighted by Crippen LogP contribution is -2.71. The Morgan fingerprint density at radius 2 is 1.87 bits per heavy atom. The van der Waals surface area contributed by atoms with Crippen molar-refractivity contribution in [2.24, 2.45) is 5.92 Å². The van der Waals surface area contributed by atoms with Crippen LogP contribution in [0.1, 0.15) is 60.3 Å². The Morgan fingerprint density at radius 1 is 1.26 bits per heavy atom. The summed E-state index contributed by atoms with van der Waals surface area (Å²) < 4.78 is 5.32. The molecule has 134 valence electrons. The Hall–Kier alpha value is -1.30. The number of nitrogens with zero attached hydrogens (tertiary/aromatic N) is 1. The van der Waals surface area contributed by atoms with Crippen LogP contribution in [0.5, 0.6) is 0 Å². The fraction of sp³-hybridized carbons (Fsp3) is 0.882. The van der Waals surface area contributed by atoms with E-state index in [-0.39, 0.29) is 12.5 Å². The molecule has 0 aromatic carbocycles. The molecule has 0 aliphatic carbocycles. The summed E-state index contributed by atoms with van der Waals surface area (Å²) in [5.41, 5.74) is -1.05. The van der Waals surface area contributed by atoms with Crippen molar-refractivity contribution in [1.29, 1.82) is 0 Å². The minimum Gasteiger partial charge on any atom is -0.481 e. The number of hydrogen-bond acceptors (Lipinski definition) is 4. The highest BCUT2D eigenvalue weighted by atomic mass is 16.6. The summed E-state index contributed by atoms with van der Waals surface area (Å²) in [5, 5.41) is 12.5. The first-order valence-corrected chi connectivity index (χ1v) is 8.48. The van der Waals surface area contributed by atoms with Gasteiger partial charge in [0.15, 0.2) is 0 Å². The maximum absolute atomic E-state index is 12.0. The van der Waals surface area contributed by atoms with Crippen molar-refractivity contribution in [3.05, 3.63) is 0 Å². The van der Waals surface area contributed by atoms with Crippen molar-refractivity contribution in [3.63, 3.8) is 0 Å². The first kappa shape index (κ1) is 19.7. The van der Waals surface area contributed by atoms with Crippen LogP contribution in [-0.2, 0) is 9.53 Å². The van der Waals surface area contributed by atoms with Crippen LogP contribution in [-0.4, -0.2) is 52.8 Å². The Bertz CT molecular complexity index is 409. The number of carbonyl (C=O) groups is 2. The van der Waals surface area contributed by atoms with Crippen LogP contribution in [0.2, 0.25) is 0 Å². The van der Waals surface area contributed by atoms with E-state index in [2.05, 4.69) is 19.2 Å². The third-order valence-corrected chi connectivity index (χ3v) is 3.84. The molecule has 0 unspecified atom stereocenters. The summed E-state index contributed by atoms with van der Waals surface area (Å²) in [5.74, 6) is -0.155. The Labute approximate surface area is 139 Å². The zero-order valence-corrected chi connectivity index (χ0v) is 15.1. The van der Waals surface area contributed by atoms with Gasteiger partial charge in [0.2, 0.25) is 0 Å². The van der Waals surface area contributed by atoms with Crippen molar-refractivity contribution in [3.8, 4) is 0 Å². The third kappa shape index (κ3) is 7.20.